The first-order chi connectivity index (χ1) is 12.8. The first-order valence-corrected chi connectivity index (χ1v) is 9.45. The van der Waals surface area contributed by atoms with E-state index in [4.69, 9.17) is 0 Å². The highest BCUT2D eigenvalue weighted by Gasteiger charge is 2.15. The number of aryl methyl sites for hydroxylation is 4. The molecule has 3 heterocycles. The Labute approximate surface area is 160 Å². The first-order valence-electron chi connectivity index (χ1n) is 8.47. The summed E-state index contributed by atoms with van der Waals surface area (Å²) in [4.78, 5) is 33.7. The number of nitrogens with zero attached hydrogens (tertiary/aromatic N) is 6. The second-order valence-electron chi connectivity index (χ2n) is 6.40. The minimum absolute atomic E-state index is 0.298. The van der Waals surface area contributed by atoms with E-state index in [1.54, 1.807) is 18.7 Å². The van der Waals surface area contributed by atoms with Gasteiger partial charge < -0.3 is 4.57 Å². The lowest BCUT2D eigenvalue weighted by Crippen LogP contribution is -2.39. The van der Waals surface area contributed by atoms with Crippen molar-refractivity contribution in [2.24, 2.45) is 14.1 Å². The van der Waals surface area contributed by atoms with Crippen molar-refractivity contribution in [1.29, 1.82) is 5.26 Å². The monoisotopic (exact) mass is 384 g/mol. The van der Waals surface area contributed by atoms with E-state index in [0.717, 1.165) is 11.3 Å². The van der Waals surface area contributed by atoms with Crippen molar-refractivity contribution < 1.29 is 0 Å². The molecule has 27 heavy (non-hydrogen) atoms. The van der Waals surface area contributed by atoms with Crippen LogP contribution in [-0.2, 0) is 20.6 Å². The molecule has 0 saturated carbocycles. The van der Waals surface area contributed by atoms with Crippen LogP contribution in [0.1, 0.15) is 23.2 Å². The molecule has 0 unspecified atom stereocenters. The number of aromatic nitrogens is 5. The molecule has 0 radical (unpaired) electrons. The molecule has 8 nitrogen and oxygen atoms in total. The highest BCUT2D eigenvalue weighted by atomic mass is 32.2. The molecule has 0 amide bonds. The van der Waals surface area contributed by atoms with Crippen LogP contribution in [0.25, 0.3) is 11.2 Å². The van der Waals surface area contributed by atoms with Gasteiger partial charge in [0.05, 0.1) is 11.9 Å². The van der Waals surface area contributed by atoms with Crippen LogP contribution in [0.4, 0.5) is 0 Å². The van der Waals surface area contributed by atoms with Gasteiger partial charge in [0.2, 0.25) is 0 Å². The van der Waals surface area contributed by atoms with E-state index in [1.807, 2.05) is 19.9 Å². The van der Waals surface area contributed by atoms with Gasteiger partial charge in [-0.3, -0.25) is 13.9 Å². The molecule has 0 saturated heterocycles. The van der Waals surface area contributed by atoms with E-state index in [9.17, 15) is 14.9 Å². The van der Waals surface area contributed by atoms with Crippen LogP contribution in [0.15, 0.2) is 27.0 Å². The number of imidazole rings is 1. The molecule has 3 aromatic heterocycles. The molecule has 3 rings (SSSR count). The number of pyridine rings is 1. The van der Waals surface area contributed by atoms with Crippen molar-refractivity contribution >= 4 is 22.9 Å². The standard InChI is InChI=1S/C18H20N6O2S/c1-11-8-12(2)21-16(13(11)9-19)27-7-5-6-24-17(25)14-15(20-10-22(14)3)23(4)18(24)26/h8,10H,5-7H2,1-4H3. The Balaban J connectivity index is 1.80. The van der Waals surface area contributed by atoms with Gasteiger partial charge in [-0.05, 0) is 31.9 Å². The van der Waals surface area contributed by atoms with Gasteiger partial charge in [0.15, 0.2) is 11.2 Å². The lowest BCUT2D eigenvalue weighted by Gasteiger charge is -2.09. The molecule has 3 aromatic rings. The lowest BCUT2D eigenvalue weighted by atomic mass is 10.1. The minimum Gasteiger partial charge on any atom is -0.328 e. The van der Waals surface area contributed by atoms with Gasteiger partial charge >= 0.3 is 5.69 Å². The van der Waals surface area contributed by atoms with E-state index in [0.29, 0.717) is 40.5 Å². The van der Waals surface area contributed by atoms with Gasteiger partial charge in [0, 0.05) is 32.1 Å². The highest BCUT2D eigenvalue weighted by molar-refractivity contribution is 7.99. The lowest BCUT2D eigenvalue weighted by molar-refractivity contribution is 0.594. The van der Waals surface area contributed by atoms with Crippen molar-refractivity contribution in [2.45, 2.75) is 31.8 Å². The zero-order valence-corrected chi connectivity index (χ0v) is 16.5. The van der Waals surface area contributed by atoms with Gasteiger partial charge in [-0.25, -0.2) is 14.8 Å². The van der Waals surface area contributed by atoms with Crippen LogP contribution in [0.5, 0.6) is 0 Å². The largest absolute Gasteiger partial charge is 0.332 e. The van der Waals surface area contributed by atoms with Crippen LogP contribution in [-0.4, -0.2) is 29.4 Å². The van der Waals surface area contributed by atoms with Gasteiger partial charge in [0.25, 0.3) is 5.56 Å². The maximum absolute atomic E-state index is 12.7. The van der Waals surface area contributed by atoms with Gasteiger partial charge in [0.1, 0.15) is 11.1 Å². The van der Waals surface area contributed by atoms with Crippen LogP contribution in [0.3, 0.4) is 0 Å². The Morgan fingerprint density at radius 3 is 2.70 bits per heavy atom. The summed E-state index contributed by atoms with van der Waals surface area (Å²) in [7, 11) is 3.34. The van der Waals surface area contributed by atoms with E-state index < -0.39 is 0 Å². The molecule has 0 aliphatic carbocycles. The molecule has 9 heteroatoms. The molecule has 0 bridgehead atoms. The van der Waals surface area contributed by atoms with Crippen LogP contribution in [0.2, 0.25) is 0 Å². The van der Waals surface area contributed by atoms with E-state index in [1.165, 1.54) is 27.2 Å². The molecule has 140 valence electrons. The van der Waals surface area contributed by atoms with Crippen molar-refractivity contribution in [1.82, 2.24) is 23.7 Å². The summed E-state index contributed by atoms with van der Waals surface area (Å²) in [6.45, 7) is 4.08. The van der Waals surface area contributed by atoms with Crippen LogP contribution >= 0.6 is 11.8 Å². The molecule has 0 atom stereocenters. The molecule has 0 spiro atoms. The summed E-state index contributed by atoms with van der Waals surface area (Å²) in [6.07, 6.45) is 2.13. The van der Waals surface area contributed by atoms with Crippen molar-refractivity contribution in [3.63, 3.8) is 0 Å². The Morgan fingerprint density at radius 1 is 1.26 bits per heavy atom. The maximum atomic E-state index is 12.7. The smallest absolute Gasteiger partial charge is 0.328 e. The zero-order valence-electron chi connectivity index (χ0n) is 15.7. The van der Waals surface area contributed by atoms with Gasteiger partial charge in [-0.15, -0.1) is 11.8 Å². The number of thioether (sulfide) groups is 1. The third-order valence-corrected chi connectivity index (χ3v) is 5.45. The summed E-state index contributed by atoms with van der Waals surface area (Å²) in [5.74, 6) is 0.642. The second kappa shape index (κ2) is 7.40. The number of nitriles is 1. The number of fused-ring (bicyclic) bond motifs is 1. The molecular formula is C18H20N6O2S. The first kappa shape index (κ1) is 18.9. The van der Waals surface area contributed by atoms with E-state index >= 15 is 0 Å². The fourth-order valence-electron chi connectivity index (χ4n) is 3.03. The SMILES string of the molecule is Cc1cc(C)c(C#N)c(SCCCn2c(=O)c3c(ncn3C)n(C)c2=O)n1. The fourth-order valence-corrected chi connectivity index (χ4v) is 4.05. The number of hydrogen-bond donors (Lipinski definition) is 0. The normalized spacial score (nSPS) is 11.1. The average molecular weight is 384 g/mol. The van der Waals surface area contributed by atoms with Crippen LogP contribution in [0, 0.1) is 25.2 Å². The molecular weight excluding hydrogens is 364 g/mol. The molecule has 0 aromatic carbocycles. The van der Waals surface area contributed by atoms with Gasteiger partial charge in [-0.1, -0.05) is 0 Å². The summed E-state index contributed by atoms with van der Waals surface area (Å²) in [5, 5.41) is 10.0. The Morgan fingerprint density at radius 2 is 2.00 bits per heavy atom. The fraction of sp³-hybridized carbons (Fsp3) is 0.389. The van der Waals surface area contributed by atoms with Crippen LogP contribution < -0.4 is 11.2 Å². The predicted octanol–water partition coefficient (Wildman–Crippen LogP) is 1.50. The van der Waals surface area contributed by atoms with Gasteiger partial charge in [-0.2, -0.15) is 5.26 Å². The minimum atomic E-state index is -0.376. The Bertz CT molecular complexity index is 1180. The van der Waals surface area contributed by atoms with E-state index in [-0.39, 0.29) is 11.2 Å². The summed E-state index contributed by atoms with van der Waals surface area (Å²) >= 11 is 1.47. The summed E-state index contributed by atoms with van der Waals surface area (Å²) in [5.41, 5.74) is 2.43. The molecule has 0 aliphatic heterocycles. The van der Waals surface area contributed by atoms with Crippen molar-refractivity contribution in [3.8, 4) is 6.07 Å². The maximum Gasteiger partial charge on any atom is 0.332 e. The average Bonchev–Trinajstić information content (AvgIpc) is 3.00. The molecule has 0 N–H and O–H groups in total. The zero-order chi connectivity index (χ0) is 19.7. The highest BCUT2D eigenvalue weighted by Crippen LogP contribution is 2.24. The van der Waals surface area contributed by atoms with E-state index in [2.05, 4.69) is 16.0 Å². The Kier molecular flexibility index (Phi) is 5.19. The summed E-state index contributed by atoms with van der Waals surface area (Å²) in [6, 6.07) is 4.08. The third kappa shape index (κ3) is 3.40. The molecule has 0 aliphatic rings. The number of rotatable bonds is 5. The summed E-state index contributed by atoms with van der Waals surface area (Å²) < 4.78 is 4.26. The van der Waals surface area contributed by atoms with Crippen molar-refractivity contribution in [2.75, 3.05) is 5.75 Å². The third-order valence-electron chi connectivity index (χ3n) is 4.39. The quantitative estimate of drug-likeness (QED) is 0.488. The van der Waals surface area contributed by atoms with Crippen molar-refractivity contribution in [3.05, 3.63) is 50.1 Å². The topological polar surface area (TPSA) is 98.5 Å². The Hall–Kier alpha value is -2.86. The second-order valence-corrected chi connectivity index (χ2v) is 7.48. The molecule has 0 fully saturated rings. The predicted molar refractivity (Wildman–Crippen MR) is 104 cm³/mol. The number of hydrogen-bond acceptors (Lipinski definition) is 6.